The maximum Gasteiger partial charge on any atom is 0.230 e. The van der Waals surface area contributed by atoms with Crippen LogP contribution in [0.4, 0.5) is 0 Å². The van der Waals surface area contributed by atoms with Crippen molar-refractivity contribution < 1.29 is 9.53 Å². The lowest BCUT2D eigenvalue weighted by Gasteiger charge is -2.44. The first-order valence-electron chi connectivity index (χ1n) is 7.72. The van der Waals surface area contributed by atoms with Gasteiger partial charge in [-0.05, 0) is 38.0 Å². The van der Waals surface area contributed by atoms with Gasteiger partial charge in [-0.2, -0.15) is 0 Å². The first kappa shape index (κ1) is 14.8. The average Bonchev–Trinajstić information content (AvgIpc) is 2.47. The maximum absolute atomic E-state index is 13.0. The van der Waals surface area contributed by atoms with Crippen LogP contribution in [0.1, 0.15) is 46.0 Å². The second-order valence-corrected chi connectivity index (χ2v) is 6.30. The number of carbonyl (C=O) groups excluding carboxylic acids is 1. The van der Waals surface area contributed by atoms with Crippen LogP contribution in [-0.4, -0.2) is 43.2 Å². The zero-order valence-corrected chi connectivity index (χ0v) is 12.4. The minimum atomic E-state index is -0.294. The topological polar surface area (TPSA) is 55.6 Å². The van der Waals surface area contributed by atoms with Crippen LogP contribution in [-0.2, 0) is 9.53 Å². The molecule has 1 atom stereocenters. The minimum Gasteiger partial charge on any atom is -0.377 e. The third kappa shape index (κ3) is 2.95. The molecule has 110 valence electrons. The molecule has 0 aromatic rings. The SMILES string of the molecule is CCC1COCCN1C(=O)C1(CN)CCC(C)CC1. The van der Waals surface area contributed by atoms with Crippen LogP contribution < -0.4 is 5.73 Å². The maximum atomic E-state index is 13.0. The number of carbonyl (C=O) groups is 1. The van der Waals surface area contributed by atoms with Crippen molar-refractivity contribution in [2.45, 2.75) is 52.0 Å². The van der Waals surface area contributed by atoms with Crippen molar-refractivity contribution in [1.29, 1.82) is 0 Å². The molecule has 1 unspecified atom stereocenters. The standard InChI is InChI=1S/C15H28N2O2/c1-3-13-10-19-9-8-17(13)14(18)15(11-16)6-4-12(2)5-7-15/h12-13H,3-11,16H2,1-2H3. The Labute approximate surface area is 116 Å². The Bertz CT molecular complexity index is 311. The highest BCUT2D eigenvalue weighted by Gasteiger charge is 2.44. The first-order valence-corrected chi connectivity index (χ1v) is 7.72. The van der Waals surface area contributed by atoms with E-state index >= 15 is 0 Å². The predicted molar refractivity (Wildman–Crippen MR) is 75.7 cm³/mol. The number of hydrogen-bond donors (Lipinski definition) is 1. The number of nitrogens with two attached hydrogens (primary N) is 1. The highest BCUT2D eigenvalue weighted by atomic mass is 16.5. The van der Waals surface area contributed by atoms with Crippen molar-refractivity contribution >= 4 is 5.91 Å². The van der Waals surface area contributed by atoms with Crippen LogP contribution >= 0.6 is 0 Å². The second kappa shape index (κ2) is 6.23. The second-order valence-electron chi connectivity index (χ2n) is 6.30. The molecule has 2 rings (SSSR count). The summed E-state index contributed by atoms with van der Waals surface area (Å²) in [5.74, 6) is 1.02. The lowest BCUT2D eigenvalue weighted by Crippen LogP contribution is -2.56. The smallest absolute Gasteiger partial charge is 0.230 e. The summed E-state index contributed by atoms with van der Waals surface area (Å²) >= 11 is 0. The Morgan fingerprint density at radius 1 is 1.42 bits per heavy atom. The molecular formula is C15H28N2O2. The lowest BCUT2D eigenvalue weighted by atomic mass is 9.69. The molecule has 0 radical (unpaired) electrons. The Kier molecular flexibility index (Phi) is 4.85. The Morgan fingerprint density at radius 3 is 2.68 bits per heavy atom. The molecular weight excluding hydrogens is 240 g/mol. The summed E-state index contributed by atoms with van der Waals surface area (Å²) < 4.78 is 5.50. The van der Waals surface area contributed by atoms with Crippen LogP contribution in [0.5, 0.6) is 0 Å². The predicted octanol–water partition coefficient (Wildman–Crippen LogP) is 1.78. The summed E-state index contributed by atoms with van der Waals surface area (Å²) in [6.45, 7) is 6.96. The van der Waals surface area contributed by atoms with Gasteiger partial charge in [0.25, 0.3) is 0 Å². The zero-order chi connectivity index (χ0) is 13.9. The molecule has 0 aromatic carbocycles. The first-order chi connectivity index (χ1) is 9.13. The molecule has 0 bridgehead atoms. The van der Waals surface area contributed by atoms with Gasteiger partial charge in [-0.25, -0.2) is 0 Å². The fourth-order valence-electron chi connectivity index (χ4n) is 3.39. The fraction of sp³-hybridized carbons (Fsp3) is 0.933. The van der Waals surface area contributed by atoms with Crippen molar-refractivity contribution in [1.82, 2.24) is 4.90 Å². The number of morpholine rings is 1. The van der Waals surface area contributed by atoms with E-state index in [0.717, 1.165) is 44.6 Å². The molecule has 0 aromatic heterocycles. The van der Waals surface area contributed by atoms with Crippen molar-refractivity contribution in [3.63, 3.8) is 0 Å². The summed E-state index contributed by atoms with van der Waals surface area (Å²) in [4.78, 5) is 15.0. The van der Waals surface area contributed by atoms with E-state index in [1.807, 2.05) is 4.90 Å². The number of rotatable bonds is 3. The van der Waals surface area contributed by atoms with E-state index in [4.69, 9.17) is 10.5 Å². The van der Waals surface area contributed by atoms with E-state index in [0.29, 0.717) is 19.8 Å². The Balaban J connectivity index is 2.11. The third-order valence-corrected chi connectivity index (χ3v) is 5.04. The molecule has 2 fully saturated rings. The molecule has 1 aliphatic heterocycles. The van der Waals surface area contributed by atoms with Gasteiger partial charge in [-0.1, -0.05) is 13.8 Å². The van der Waals surface area contributed by atoms with Crippen LogP contribution in [0.3, 0.4) is 0 Å². The molecule has 1 heterocycles. The molecule has 19 heavy (non-hydrogen) atoms. The quantitative estimate of drug-likeness (QED) is 0.849. The number of nitrogens with zero attached hydrogens (tertiary/aromatic N) is 1. The van der Waals surface area contributed by atoms with Crippen LogP contribution in [0.2, 0.25) is 0 Å². The molecule has 4 heteroatoms. The summed E-state index contributed by atoms with van der Waals surface area (Å²) in [5, 5.41) is 0. The van der Waals surface area contributed by atoms with Gasteiger partial charge in [0.2, 0.25) is 5.91 Å². The highest BCUT2D eigenvalue weighted by Crippen LogP contribution is 2.40. The minimum absolute atomic E-state index is 0.240. The van der Waals surface area contributed by atoms with Crippen LogP contribution in [0, 0.1) is 11.3 Å². The highest BCUT2D eigenvalue weighted by molar-refractivity contribution is 5.83. The van der Waals surface area contributed by atoms with E-state index in [2.05, 4.69) is 13.8 Å². The van der Waals surface area contributed by atoms with Gasteiger partial charge in [0, 0.05) is 13.1 Å². The van der Waals surface area contributed by atoms with E-state index in [1.54, 1.807) is 0 Å². The number of ether oxygens (including phenoxy) is 1. The summed E-state index contributed by atoms with van der Waals surface area (Å²) in [6.07, 6.45) is 5.13. The third-order valence-electron chi connectivity index (χ3n) is 5.04. The molecule has 4 nitrogen and oxygen atoms in total. The summed E-state index contributed by atoms with van der Waals surface area (Å²) in [6, 6.07) is 0.240. The molecule has 0 spiro atoms. The molecule has 2 N–H and O–H groups in total. The molecule has 1 saturated heterocycles. The van der Waals surface area contributed by atoms with Crippen molar-refractivity contribution in [2.24, 2.45) is 17.1 Å². The molecule has 1 amide bonds. The normalized spacial score (nSPS) is 36.3. The van der Waals surface area contributed by atoms with Gasteiger partial charge in [0.1, 0.15) is 0 Å². The monoisotopic (exact) mass is 268 g/mol. The molecule has 1 saturated carbocycles. The van der Waals surface area contributed by atoms with Gasteiger partial charge < -0.3 is 15.4 Å². The molecule has 2 aliphatic rings. The van der Waals surface area contributed by atoms with E-state index in [9.17, 15) is 4.79 Å². The fourth-order valence-corrected chi connectivity index (χ4v) is 3.39. The summed E-state index contributed by atoms with van der Waals surface area (Å²) in [5.41, 5.74) is 5.71. The van der Waals surface area contributed by atoms with Crippen LogP contribution in [0.15, 0.2) is 0 Å². The van der Waals surface area contributed by atoms with E-state index < -0.39 is 0 Å². The number of hydrogen-bond acceptors (Lipinski definition) is 3. The van der Waals surface area contributed by atoms with Gasteiger partial charge in [0.15, 0.2) is 0 Å². The lowest BCUT2D eigenvalue weighted by molar-refractivity contribution is -0.153. The van der Waals surface area contributed by atoms with Gasteiger partial charge >= 0.3 is 0 Å². The van der Waals surface area contributed by atoms with Crippen molar-refractivity contribution in [3.8, 4) is 0 Å². The summed E-state index contributed by atoms with van der Waals surface area (Å²) in [7, 11) is 0. The zero-order valence-electron chi connectivity index (χ0n) is 12.4. The van der Waals surface area contributed by atoms with E-state index in [1.165, 1.54) is 0 Å². The van der Waals surface area contributed by atoms with Crippen LogP contribution in [0.25, 0.3) is 0 Å². The average molecular weight is 268 g/mol. The Morgan fingerprint density at radius 2 is 2.11 bits per heavy atom. The van der Waals surface area contributed by atoms with Gasteiger partial charge in [0.05, 0.1) is 24.7 Å². The van der Waals surface area contributed by atoms with Gasteiger partial charge in [-0.15, -0.1) is 0 Å². The van der Waals surface area contributed by atoms with E-state index in [-0.39, 0.29) is 17.4 Å². The van der Waals surface area contributed by atoms with Crippen molar-refractivity contribution in [2.75, 3.05) is 26.3 Å². The largest absolute Gasteiger partial charge is 0.377 e. The molecule has 1 aliphatic carbocycles. The number of amides is 1. The van der Waals surface area contributed by atoms with Crippen molar-refractivity contribution in [3.05, 3.63) is 0 Å². The Hall–Kier alpha value is -0.610. The van der Waals surface area contributed by atoms with Gasteiger partial charge in [-0.3, -0.25) is 4.79 Å².